The van der Waals surface area contributed by atoms with Crippen molar-refractivity contribution in [3.8, 4) is 0 Å². The lowest BCUT2D eigenvalue weighted by atomic mass is 10.1. The molecule has 0 aliphatic heterocycles. The van der Waals surface area contributed by atoms with E-state index in [2.05, 4.69) is 5.32 Å². The highest BCUT2D eigenvalue weighted by atomic mass is 16.4. The molecule has 5 heteroatoms. The molecule has 0 aliphatic rings. The van der Waals surface area contributed by atoms with Crippen molar-refractivity contribution in [3.05, 3.63) is 36.1 Å². The monoisotopic (exact) mass is 261 g/mol. The number of amides is 1. The molecule has 2 N–H and O–H groups in total. The van der Waals surface area contributed by atoms with Gasteiger partial charge in [-0.1, -0.05) is 18.2 Å². The third kappa shape index (κ3) is 3.13. The number of para-hydroxylation sites is 1. The van der Waals surface area contributed by atoms with E-state index in [0.717, 1.165) is 5.39 Å². The number of aliphatic carboxylic acids is 1. The van der Waals surface area contributed by atoms with Crippen LogP contribution >= 0.6 is 0 Å². The second-order valence-corrected chi connectivity index (χ2v) is 4.45. The van der Waals surface area contributed by atoms with Gasteiger partial charge in [0.2, 0.25) is 0 Å². The van der Waals surface area contributed by atoms with Crippen molar-refractivity contribution < 1.29 is 19.1 Å². The second kappa shape index (κ2) is 5.56. The second-order valence-electron chi connectivity index (χ2n) is 4.45. The van der Waals surface area contributed by atoms with E-state index in [9.17, 15) is 9.59 Å². The average molecular weight is 261 g/mol. The van der Waals surface area contributed by atoms with Crippen LogP contribution in [0, 0.1) is 0 Å². The Bertz CT molecular complexity index is 602. The molecule has 100 valence electrons. The quantitative estimate of drug-likeness (QED) is 0.866. The Morgan fingerprint density at radius 1 is 1.37 bits per heavy atom. The number of hydrogen-bond donors (Lipinski definition) is 2. The van der Waals surface area contributed by atoms with Crippen LogP contribution in [0.5, 0.6) is 0 Å². The first-order chi connectivity index (χ1) is 9.08. The Labute approximate surface area is 110 Å². The summed E-state index contributed by atoms with van der Waals surface area (Å²) in [7, 11) is 0. The van der Waals surface area contributed by atoms with Crippen LogP contribution in [0.3, 0.4) is 0 Å². The molecule has 0 saturated heterocycles. The maximum atomic E-state index is 12.1. The SMILES string of the molecule is C[C@H](CCC(=O)O)NC(=O)c1coc2ccccc12. The number of carbonyl (C=O) groups excluding carboxylic acids is 1. The lowest BCUT2D eigenvalue weighted by molar-refractivity contribution is -0.137. The van der Waals surface area contributed by atoms with Crippen LogP contribution in [-0.4, -0.2) is 23.0 Å². The summed E-state index contributed by atoms with van der Waals surface area (Å²) >= 11 is 0. The number of hydrogen-bond acceptors (Lipinski definition) is 3. The normalized spacial score (nSPS) is 12.3. The third-order valence-corrected chi connectivity index (χ3v) is 2.89. The molecule has 0 saturated carbocycles. The van der Waals surface area contributed by atoms with E-state index in [1.807, 2.05) is 18.2 Å². The first kappa shape index (κ1) is 13.1. The topological polar surface area (TPSA) is 79.5 Å². The molecule has 1 amide bonds. The Morgan fingerprint density at radius 3 is 2.84 bits per heavy atom. The molecule has 19 heavy (non-hydrogen) atoms. The molecule has 0 spiro atoms. The van der Waals surface area contributed by atoms with Crippen molar-refractivity contribution in [1.29, 1.82) is 0 Å². The predicted octanol–water partition coefficient (Wildman–Crippen LogP) is 2.42. The largest absolute Gasteiger partial charge is 0.481 e. The minimum absolute atomic E-state index is 0.0353. The number of furan rings is 1. The first-order valence-electron chi connectivity index (χ1n) is 6.07. The van der Waals surface area contributed by atoms with Crippen LogP contribution in [0.4, 0.5) is 0 Å². The Hall–Kier alpha value is -2.30. The van der Waals surface area contributed by atoms with E-state index < -0.39 is 5.97 Å². The molecule has 1 heterocycles. The van der Waals surface area contributed by atoms with Gasteiger partial charge >= 0.3 is 5.97 Å². The summed E-state index contributed by atoms with van der Waals surface area (Å²) in [5.41, 5.74) is 1.13. The van der Waals surface area contributed by atoms with Crippen molar-refractivity contribution in [3.63, 3.8) is 0 Å². The van der Waals surface area contributed by atoms with Crippen LogP contribution in [0.2, 0.25) is 0 Å². The van der Waals surface area contributed by atoms with Gasteiger partial charge in [-0.25, -0.2) is 0 Å². The number of carbonyl (C=O) groups is 2. The molecule has 1 atom stereocenters. The van der Waals surface area contributed by atoms with E-state index >= 15 is 0 Å². The molecular formula is C14H15NO4. The number of nitrogens with one attached hydrogen (secondary N) is 1. The molecule has 2 aromatic rings. The van der Waals surface area contributed by atoms with Gasteiger partial charge in [0, 0.05) is 17.8 Å². The van der Waals surface area contributed by atoms with E-state index in [1.165, 1.54) is 6.26 Å². The van der Waals surface area contributed by atoms with Crippen molar-refractivity contribution in [1.82, 2.24) is 5.32 Å². The Balaban J connectivity index is 2.05. The fourth-order valence-corrected chi connectivity index (χ4v) is 1.87. The molecule has 0 fully saturated rings. The highest BCUT2D eigenvalue weighted by molar-refractivity contribution is 6.05. The summed E-state index contributed by atoms with van der Waals surface area (Å²) in [4.78, 5) is 22.5. The summed E-state index contributed by atoms with van der Waals surface area (Å²) in [6, 6.07) is 7.08. The summed E-state index contributed by atoms with van der Waals surface area (Å²) in [6.07, 6.45) is 1.86. The van der Waals surface area contributed by atoms with Crippen molar-refractivity contribution in [2.24, 2.45) is 0 Å². The predicted molar refractivity (Wildman–Crippen MR) is 70.0 cm³/mol. The van der Waals surface area contributed by atoms with Crippen LogP contribution in [0.1, 0.15) is 30.1 Å². The summed E-state index contributed by atoms with van der Waals surface area (Å²) < 4.78 is 5.29. The van der Waals surface area contributed by atoms with Gasteiger partial charge in [-0.05, 0) is 19.4 Å². The van der Waals surface area contributed by atoms with Gasteiger partial charge in [0.15, 0.2) is 0 Å². The molecule has 0 unspecified atom stereocenters. The van der Waals surface area contributed by atoms with Gasteiger partial charge in [0.25, 0.3) is 5.91 Å². The van der Waals surface area contributed by atoms with Crippen LogP contribution in [0.25, 0.3) is 11.0 Å². The highest BCUT2D eigenvalue weighted by Gasteiger charge is 2.15. The zero-order valence-electron chi connectivity index (χ0n) is 10.6. The Kier molecular flexibility index (Phi) is 3.85. The number of carboxylic acids is 1. The fraction of sp³-hybridized carbons (Fsp3) is 0.286. The van der Waals surface area contributed by atoms with Crippen molar-refractivity contribution in [2.45, 2.75) is 25.8 Å². The molecule has 5 nitrogen and oxygen atoms in total. The van der Waals surface area contributed by atoms with Gasteiger partial charge in [-0.3, -0.25) is 9.59 Å². The van der Waals surface area contributed by atoms with Gasteiger partial charge < -0.3 is 14.8 Å². The minimum atomic E-state index is -0.866. The third-order valence-electron chi connectivity index (χ3n) is 2.89. The molecular weight excluding hydrogens is 246 g/mol. The molecule has 0 aliphatic carbocycles. The maximum Gasteiger partial charge on any atom is 0.303 e. The van der Waals surface area contributed by atoms with Crippen molar-refractivity contribution >= 4 is 22.8 Å². The average Bonchev–Trinajstić information content (AvgIpc) is 2.80. The van der Waals surface area contributed by atoms with E-state index in [1.54, 1.807) is 13.0 Å². The van der Waals surface area contributed by atoms with Gasteiger partial charge in [-0.2, -0.15) is 0 Å². The van der Waals surface area contributed by atoms with Gasteiger partial charge in [0.1, 0.15) is 11.8 Å². The van der Waals surface area contributed by atoms with E-state index in [0.29, 0.717) is 17.6 Å². The zero-order valence-corrected chi connectivity index (χ0v) is 10.6. The Morgan fingerprint density at radius 2 is 2.11 bits per heavy atom. The van der Waals surface area contributed by atoms with E-state index in [4.69, 9.17) is 9.52 Å². The van der Waals surface area contributed by atoms with Gasteiger partial charge in [-0.15, -0.1) is 0 Å². The standard InChI is InChI=1S/C14H15NO4/c1-9(6-7-13(16)17)15-14(18)11-8-19-12-5-3-2-4-10(11)12/h2-5,8-9H,6-7H2,1H3,(H,15,18)(H,16,17)/t9-/m1/s1. The summed E-state index contributed by atoms with van der Waals surface area (Å²) in [5, 5.41) is 12.1. The molecule has 0 bridgehead atoms. The van der Waals surface area contributed by atoms with Crippen LogP contribution in [0.15, 0.2) is 34.9 Å². The number of rotatable bonds is 5. The molecule has 1 aromatic carbocycles. The number of fused-ring (bicyclic) bond motifs is 1. The summed E-state index contributed by atoms with van der Waals surface area (Å²) in [6.45, 7) is 1.78. The number of carboxylic acid groups (broad SMARTS) is 1. The zero-order chi connectivity index (χ0) is 13.8. The van der Waals surface area contributed by atoms with Crippen LogP contribution in [-0.2, 0) is 4.79 Å². The highest BCUT2D eigenvalue weighted by Crippen LogP contribution is 2.20. The maximum absolute atomic E-state index is 12.1. The summed E-state index contributed by atoms with van der Waals surface area (Å²) in [5.74, 6) is -1.11. The van der Waals surface area contributed by atoms with Gasteiger partial charge in [0.05, 0.1) is 5.56 Å². The molecule has 0 radical (unpaired) electrons. The lowest BCUT2D eigenvalue weighted by Crippen LogP contribution is -2.32. The minimum Gasteiger partial charge on any atom is -0.481 e. The molecule has 2 rings (SSSR count). The smallest absolute Gasteiger partial charge is 0.303 e. The lowest BCUT2D eigenvalue weighted by Gasteiger charge is -2.11. The molecule has 1 aromatic heterocycles. The van der Waals surface area contributed by atoms with Crippen molar-refractivity contribution in [2.75, 3.05) is 0 Å². The number of benzene rings is 1. The first-order valence-corrected chi connectivity index (χ1v) is 6.07. The van der Waals surface area contributed by atoms with Crippen LogP contribution < -0.4 is 5.32 Å². The fourth-order valence-electron chi connectivity index (χ4n) is 1.87. The van der Waals surface area contributed by atoms with E-state index in [-0.39, 0.29) is 18.4 Å².